The van der Waals surface area contributed by atoms with Gasteiger partial charge in [0, 0.05) is 0 Å². The van der Waals surface area contributed by atoms with Gasteiger partial charge in [0.05, 0.1) is 0 Å². The molecule has 0 aromatic carbocycles. The maximum absolute atomic E-state index is 10.3. The van der Waals surface area contributed by atoms with Crippen molar-refractivity contribution in [3.63, 3.8) is 0 Å². The van der Waals surface area contributed by atoms with Crippen molar-refractivity contribution in [3.8, 4) is 0 Å². The smallest absolute Gasteiger partial charge is 0.351 e. The molecule has 2 N–H and O–H groups in total. The molecule has 0 amide bonds. The van der Waals surface area contributed by atoms with Gasteiger partial charge in [0.2, 0.25) is 0 Å². The van der Waals surface area contributed by atoms with Gasteiger partial charge in [0.25, 0.3) is 9.87 Å². The molecule has 1 fully saturated rings. The van der Waals surface area contributed by atoms with Crippen LogP contribution in [0.3, 0.4) is 0 Å². The minimum atomic E-state index is -2.00. The predicted molar refractivity (Wildman–Crippen MR) is 39.8 cm³/mol. The Morgan fingerprint density at radius 3 is 1.45 bits per heavy atom. The highest BCUT2D eigenvalue weighted by Crippen LogP contribution is 2.54. The van der Waals surface area contributed by atoms with Crippen LogP contribution >= 0.6 is 25.3 Å². The summed E-state index contributed by atoms with van der Waals surface area (Å²) in [6, 6.07) is 0. The lowest BCUT2D eigenvalue weighted by Gasteiger charge is -1.99. The van der Waals surface area contributed by atoms with E-state index in [-0.39, 0.29) is 0 Å². The Balaban J connectivity index is 2.87. The van der Waals surface area contributed by atoms with Gasteiger partial charge in [0.15, 0.2) is 0 Å². The molecule has 0 radical (unpaired) electrons. The van der Waals surface area contributed by atoms with Gasteiger partial charge in [-0.2, -0.15) is 0 Å². The second-order valence-electron chi connectivity index (χ2n) is 2.00. The molecule has 2 unspecified atom stereocenters. The number of hydrogen-bond acceptors (Lipinski definition) is 5. The second kappa shape index (κ2) is 2.05. The van der Waals surface area contributed by atoms with Crippen LogP contribution in [0.15, 0.2) is 0 Å². The molecule has 7 heteroatoms. The Morgan fingerprint density at radius 1 is 1.09 bits per heavy atom. The zero-order chi connectivity index (χ0) is 8.86. The third kappa shape index (κ3) is 0.916. The average molecular weight is 196 g/mol. The highest BCUT2D eigenvalue weighted by molar-refractivity contribution is 7.88. The van der Waals surface area contributed by atoms with Gasteiger partial charge in [-0.05, 0) is 0 Å². The normalized spacial score (nSPS) is 41.6. The minimum Gasteiger partial charge on any atom is -0.478 e. The van der Waals surface area contributed by atoms with Gasteiger partial charge in [-0.1, -0.05) is 0 Å². The van der Waals surface area contributed by atoms with E-state index in [9.17, 15) is 9.59 Å². The Labute approximate surface area is 72.2 Å². The fourth-order valence-corrected chi connectivity index (χ4v) is 1.10. The first-order chi connectivity index (χ1) is 4.84. The van der Waals surface area contributed by atoms with E-state index >= 15 is 0 Å². The van der Waals surface area contributed by atoms with Crippen LogP contribution in [-0.4, -0.2) is 32.0 Å². The molecular formula is C4H4O5S2. The second-order valence-corrected chi connectivity index (χ2v) is 3.26. The van der Waals surface area contributed by atoms with Crippen LogP contribution in [0.4, 0.5) is 0 Å². The highest BCUT2D eigenvalue weighted by atomic mass is 32.1. The van der Waals surface area contributed by atoms with Gasteiger partial charge in [0.1, 0.15) is 0 Å². The molecule has 62 valence electrons. The van der Waals surface area contributed by atoms with Crippen LogP contribution in [0.1, 0.15) is 0 Å². The summed E-state index contributed by atoms with van der Waals surface area (Å²) in [4.78, 5) is 16.6. The van der Waals surface area contributed by atoms with Crippen molar-refractivity contribution in [2.45, 2.75) is 9.87 Å². The van der Waals surface area contributed by atoms with E-state index in [0.717, 1.165) is 0 Å². The number of thiol groups is 2. The first-order valence-corrected chi connectivity index (χ1v) is 3.36. The van der Waals surface area contributed by atoms with E-state index in [0.29, 0.717) is 0 Å². The topological polar surface area (TPSA) is 87.1 Å². The highest BCUT2D eigenvalue weighted by Gasteiger charge is 2.77. The largest absolute Gasteiger partial charge is 0.478 e. The maximum Gasteiger partial charge on any atom is 0.351 e. The van der Waals surface area contributed by atoms with E-state index in [2.05, 4.69) is 30.0 Å². The fourth-order valence-electron chi connectivity index (χ4n) is 0.565. The van der Waals surface area contributed by atoms with E-state index < -0.39 is 21.8 Å². The van der Waals surface area contributed by atoms with Crippen molar-refractivity contribution < 1.29 is 24.5 Å². The molecule has 1 aliphatic heterocycles. The van der Waals surface area contributed by atoms with Crippen molar-refractivity contribution in [3.05, 3.63) is 0 Å². The summed E-state index contributed by atoms with van der Waals surface area (Å²) >= 11 is 7.00. The van der Waals surface area contributed by atoms with Crippen molar-refractivity contribution in [2.75, 3.05) is 0 Å². The molecule has 0 aromatic rings. The number of carbonyl (C=O) groups is 2. The van der Waals surface area contributed by atoms with E-state index in [1.165, 1.54) is 0 Å². The zero-order valence-corrected chi connectivity index (χ0v) is 6.80. The van der Waals surface area contributed by atoms with Crippen LogP contribution in [0.2, 0.25) is 0 Å². The number of aliphatic carboxylic acids is 2. The molecule has 0 aliphatic carbocycles. The third-order valence-corrected chi connectivity index (χ3v) is 2.66. The first-order valence-electron chi connectivity index (χ1n) is 2.46. The maximum atomic E-state index is 10.3. The monoisotopic (exact) mass is 196 g/mol. The third-order valence-electron chi connectivity index (χ3n) is 1.29. The molecule has 1 aliphatic rings. The van der Waals surface area contributed by atoms with Crippen LogP contribution in [0.5, 0.6) is 0 Å². The zero-order valence-electron chi connectivity index (χ0n) is 5.01. The lowest BCUT2D eigenvalue weighted by molar-refractivity contribution is -0.142. The molecular weight excluding hydrogens is 192 g/mol. The van der Waals surface area contributed by atoms with Crippen molar-refractivity contribution in [2.24, 2.45) is 0 Å². The molecule has 0 aromatic heterocycles. The predicted octanol–water partition coefficient (Wildman–Crippen LogP) is -0.562. The van der Waals surface area contributed by atoms with Crippen molar-refractivity contribution in [1.29, 1.82) is 0 Å². The molecule has 1 heterocycles. The molecule has 0 spiro atoms. The lowest BCUT2D eigenvalue weighted by Crippen LogP contribution is -2.31. The number of hydrogen-bond donors (Lipinski definition) is 4. The van der Waals surface area contributed by atoms with Gasteiger partial charge in [-0.25, -0.2) is 9.59 Å². The number of ether oxygens (including phenoxy) is 1. The van der Waals surface area contributed by atoms with Crippen molar-refractivity contribution >= 4 is 37.2 Å². The average Bonchev–Trinajstić information content (AvgIpc) is 2.39. The molecule has 11 heavy (non-hydrogen) atoms. The lowest BCUT2D eigenvalue weighted by atomic mass is 10.3. The summed E-state index contributed by atoms with van der Waals surface area (Å²) in [6.07, 6.45) is 0. The van der Waals surface area contributed by atoms with Gasteiger partial charge in [-0.3, -0.25) is 0 Å². The number of rotatable bonds is 2. The van der Waals surface area contributed by atoms with Crippen molar-refractivity contribution in [1.82, 2.24) is 0 Å². The Hall–Kier alpha value is -0.400. The molecule has 5 nitrogen and oxygen atoms in total. The SMILES string of the molecule is O=C(O)C1(S)OC1(S)C(=O)O. The van der Waals surface area contributed by atoms with Crippen LogP contribution < -0.4 is 0 Å². The Morgan fingerprint density at radius 2 is 1.36 bits per heavy atom. The minimum absolute atomic E-state index is 1.46. The standard InChI is InChI=1S/C4H4O5S2/c5-1(6)3(10)4(11,9-3)2(7)8/h10-11H,(H,5,6)(H,7,8). The molecule has 0 saturated carbocycles. The van der Waals surface area contributed by atoms with Gasteiger partial charge < -0.3 is 14.9 Å². The summed E-state index contributed by atoms with van der Waals surface area (Å²) in [5.41, 5.74) is 0. The van der Waals surface area contributed by atoms with E-state index in [4.69, 9.17) is 10.2 Å². The van der Waals surface area contributed by atoms with E-state index in [1.54, 1.807) is 0 Å². The molecule has 0 bridgehead atoms. The summed E-state index contributed by atoms with van der Waals surface area (Å²) in [5, 5.41) is 16.8. The van der Waals surface area contributed by atoms with Gasteiger partial charge >= 0.3 is 11.9 Å². The van der Waals surface area contributed by atoms with Crippen LogP contribution in [0, 0.1) is 0 Å². The van der Waals surface area contributed by atoms with E-state index in [1.807, 2.05) is 0 Å². The fraction of sp³-hybridized carbons (Fsp3) is 0.500. The summed E-state index contributed by atoms with van der Waals surface area (Å²) in [7, 11) is 0. The quantitative estimate of drug-likeness (QED) is 0.351. The summed E-state index contributed by atoms with van der Waals surface area (Å²) < 4.78 is 4.34. The summed E-state index contributed by atoms with van der Waals surface area (Å²) in [6.45, 7) is 0. The molecule has 2 atom stereocenters. The number of epoxide rings is 1. The van der Waals surface area contributed by atoms with Crippen LogP contribution in [0.25, 0.3) is 0 Å². The number of carboxylic acid groups (broad SMARTS) is 2. The Kier molecular flexibility index (Phi) is 1.62. The van der Waals surface area contributed by atoms with Crippen LogP contribution in [-0.2, 0) is 14.3 Å². The number of carboxylic acids is 2. The Bertz CT molecular complexity index is 217. The first kappa shape index (κ1) is 8.69. The summed E-state index contributed by atoms with van der Waals surface area (Å²) in [5.74, 6) is -2.92. The van der Waals surface area contributed by atoms with Gasteiger partial charge in [-0.15, -0.1) is 25.3 Å². The molecule has 1 rings (SSSR count). The molecule has 1 saturated heterocycles.